The fraction of sp³-hybridized carbons (Fsp3) is 0.435. The van der Waals surface area contributed by atoms with Crippen molar-refractivity contribution in [3.8, 4) is 0 Å². The van der Waals surface area contributed by atoms with Crippen molar-refractivity contribution in [1.29, 1.82) is 0 Å². The van der Waals surface area contributed by atoms with Crippen molar-refractivity contribution in [1.82, 2.24) is 15.1 Å². The first-order chi connectivity index (χ1) is 14.0. The number of likely N-dealkylation sites (tertiary alicyclic amines) is 1. The average Bonchev–Trinajstić information content (AvgIpc) is 2.73. The first kappa shape index (κ1) is 21.6. The molecular formula is C23H31ClN4O. The van der Waals surface area contributed by atoms with E-state index in [1.807, 2.05) is 31.3 Å². The molecule has 1 aliphatic heterocycles. The molecule has 2 N–H and O–H groups in total. The SMILES string of the molecule is CN=C(NCc1ccc(CN2CCC(O)CC2)cc1)N(C)Cc1ccc(Cl)cc1. The fourth-order valence-corrected chi connectivity index (χ4v) is 3.73. The largest absolute Gasteiger partial charge is 0.393 e. The zero-order valence-corrected chi connectivity index (χ0v) is 18.1. The minimum Gasteiger partial charge on any atom is -0.393 e. The van der Waals surface area contributed by atoms with E-state index in [1.54, 1.807) is 7.05 Å². The van der Waals surface area contributed by atoms with Crippen molar-refractivity contribution in [3.63, 3.8) is 0 Å². The van der Waals surface area contributed by atoms with E-state index in [2.05, 4.69) is 44.4 Å². The van der Waals surface area contributed by atoms with E-state index >= 15 is 0 Å². The summed E-state index contributed by atoms with van der Waals surface area (Å²) < 4.78 is 0. The molecule has 0 atom stereocenters. The van der Waals surface area contributed by atoms with Crippen LogP contribution in [0.15, 0.2) is 53.5 Å². The highest BCUT2D eigenvalue weighted by Crippen LogP contribution is 2.15. The van der Waals surface area contributed by atoms with Crippen molar-refractivity contribution < 1.29 is 5.11 Å². The molecule has 3 rings (SSSR count). The number of aliphatic imine (C=N–C) groups is 1. The van der Waals surface area contributed by atoms with Gasteiger partial charge in [0.15, 0.2) is 5.96 Å². The first-order valence-electron chi connectivity index (χ1n) is 10.2. The number of hydrogen-bond acceptors (Lipinski definition) is 3. The summed E-state index contributed by atoms with van der Waals surface area (Å²) in [6.45, 7) is 4.39. The van der Waals surface area contributed by atoms with Gasteiger partial charge in [0.2, 0.25) is 0 Å². The summed E-state index contributed by atoms with van der Waals surface area (Å²) in [4.78, 5) is 8.91. The topological polar surface area (TPSA) is 51.1 Å². The zero-order valence-electron chi connectivity index (χ0n) is 17.3. The molecule has 2 aromatic carbocycles. The maximum atomic E-state index is 9.63. The second-order valence-electron chi connectivity index (χ2n) is 7.71. The van der Waals surface area contributed by atoms with Gasteiger partial charge in [0.1, 0.15) is 0 Å². The molecule has 1 aliphatic rings. The number of guanidine groups is 1. The Morgan fingerprint density at radius 1 is 1.07 bits per heavy atom. The van der Waals surface area contributed by atoms with Crippen LogP contribution in [0.1, 0.15) is 29.5 Å². The predicted octanol–water partition coefficient (Wildman–Crippen LogP) is 3.50. The predicted molar refractivity (Wildman–Crippen MR) is 120 cm³/mol. The molecule has 0 spiro atoms. The number of aliphatic hydroxyl groups excluding tert-OH is 1. The van der Waals surface area contributed by atoms with Gasteiger partial charge in [-0.1, -0.05) is 48.0 Å². The molecule has 0 bridgehead atoms. The lowest BCUT2D eigenvalue weighted by Crippen LogP contribution is -2.38. The number of nitrogens with zero attached hydrogens (tertiary/aromatic N) is 3. The van der Waals surface area contributed by atoms with Crippen molar-refractivity contribution in [3.05, 3.63) is 70.2 Å². The van der Waals surface area contributed by atoms with Gasteiger partial charge in [0.25, 0.3) is 0 Å². The van der Waals surface area contributed by atoms with Crippen LogP contribution in [0.5, 0.6) is 0 Å². The Bertz CT molecular complexity index is 784. The molecule has 5 nitrogen and oxygen atoms in total. The molecule has 0 unspecified atom stereocenters. The van der Waals surface area contributed by atoms with Crippen LogP contribution in [0.3, 0.4) is 0 Å². The monoisotopic (exact) mass is 414 g/mol. The van der Waals surface area contributed by atoms with E-state index in [-0.39, 0.29) is 6.10 Å². The summed E-state index contributed by atoms with van der Waals surface area (Å²) in [7, 11) is 3.84. The van der Waals surface area contributed by atoms with Crippen molar-refractivity contribution >= 4 is 17.6 Å². The third kappa shape index (κ3) is 6.74. The average molecular weight is 415 g/mol. The second kappa shape index (κ2) is 10.6. The van der Waals surface area contributed by atoms with E-state index in [4.69, 9.17) is 11.6 Å². The van der Waals surface area contributed by atoms with Gasteiger partial charge in [-0.3, -0.25) is 9.89 Å². The number of piperidine rings is 1. The highest BCUT2D eigenvalue weighted by Gasteiger charge is 2.16. The van der Waals surface area contributed by atoms with Gasteiger partial charge in [-0.05, 0) is 41.7 Å². The number of rotatable bonds is 6. The molecule has 29 heavy (non-hydrogen) atoms. The van der Waals surface area contributed by atoms with E-state index in [9.17, 15) is 5.11 Å². The lowest BCUT2D eigenvalue weighted by Gasteiger charge is -2.29. The molecular weight excluding hydrogens is 384 g/mol. The number of benzene rings is 2. The quantitative estimate of drug-likeness (QED) is 0.561. The summed E-state index contributed by atoms with van der Waals surface area (Å²) in [6, 6.07) is 16.6. The molecule has 1 fully saturated rings. The molecule has 6 heteroatoms. The summed E-state index contributed by atoms with van der Waals surface area (Å²) in [5, 5.41) is 13.8. The molecule has 0 saturated carbocycles. The highest BCUT2D eigenvalue weighted by molar-refractivity contribution is 6.30. The van der Waals surface area contributed by atoms with Crippen LogP contribution in [-0.4, -0.2) is 54.2 Å². The van der Waals surface area contributed by atoms with Crippen LogP contribution >= 0.6 is 11.6 Å². The summed E-state index contributed by atoms with van der Waals surface area (Å²) >= 11 is 5.96. The molecule has 0 aliphatic carbocycles. The Labute approximate surface area is 179 Å². The minimum absolute atomic E-state index is 0.119. The zero-order chi connectivity index (χ0) is 20.6. The number of nitrogens with one attached hydrogen (secondary N) is 1. The molecule has 0 radical (unpaired) electrons. The van der Waals surface area contributed by atoms with Crippen LogP contribution in [-0.2, 0) is 19.6 Å². The Kier molecular flexibility index (Phi) is 7.92. The van der Waals surface area contributed by atoms with Crippen LogP contribution in [0.25, 0.3) is 0 Å². The number of hydrogen-bond donors (Lipinski definition) is 2. The van der Waals surface area contributed by atoms with Crippen LogP contribution in [0.2, 0.25) is 5.02 Å². The third-order valence-corrected chi connectivity index (χ3v) is 5.60. The summed E-state index contributed by atoms with van der Waals surface area (Å²) in [6.07, 6.45) is 1.64. The van der Waals surface area contributed by atoms with Gasteiger partial charge < -0.3 is 15.3 Å². The molecule has 0 aromatic heterocycles. The summed E-state index contributed by atoms with van der Waals surface area (Å²) in [5.74, 6) is 0.857. The van der Waals surface area contributed by atoms with Crippen LogP contribution in [0.4, 0.5) is 0 Å². The molecule has 1 heterocycles. The van der Waals surface area contributed by atoms with Crippen molar-refractivity contribution in [2.24, 2.45) is 4.99 Å². The summed E-state index contributed by atoms with van der Waals surface area (Å²) in [5.41, 5.74) is 3.73. The lowest BCUT2D eigenvalue weighted by molar-refractivity contribution is 0.0792. The normalized spacial score (nSPS) is 16.1. The molecule has 0 amide bonds. The number of aliphatic hydroxyl groups is 1. The lowest BCUT2D eigenvalue weighted by atomic mass is 10.1. The standard InChI is InChI=1S/C23H31ClN4O/c1-25-23(27(2)16-19-7-9-21(24)10-8-19)26-15-18-3-5-20(6-4-18)17-28-13-11-22(29)12-14-28/h3-10,22,29H,11-17H2,1-2H3,(H,25,26). The third-order valence-electron chi connectivity index (χ3n) is 5.34. The minimum atomic E-state index is -0.119. The highest BCUT2D eigenvalue weighted by atomic mass is 35.5. The van der Waals surface area contributed by atoms with E-state index < -0.39 is 0 Å². The van der Waals surface area contributed by atoms with Crippen molar-refractivity contribution in [2.75, 3.05) is 27.2 Å². The Hall–Kier alpha value is -2.08. The maximum absolute atomic E-state index is 9.63. The van der Waals surface area contributed by atoms with Gasteiger partial charge >= 0.3 is 0 Å². The molecule has 156 valence electrons. The molecule has 2 aromatic rings. The Morgan fingerprint density at radius 2 is 1.66 bits per heavy atom. The van der Waals surface area contributed by atoms with E-state index in [0.29, 0.717) is 0 Å². The molecule has 1 saturated heterocycles. The van der Waals surface area contributed by atoms with Crippen molar-refractivity contribution in [2.45, 2.75) is 38.6 Å². The van der Waals surface area contributed by atoms with E-state index in [0.717, 1.165) is 56.5 Å². The smallest absolute Gasteiger partial charge is 0.193 e. The van der Waals surface area contributed by atoms with Crippen LogP contribution in [0, 0.1) is 0 Å². The maximum Gasteiger partial charge on any atom is 0.193 e. The number of halogens is 1. The van der Waals surface area contributed by atoms with Gasteiger partial charge in [-0.2, -0.15) is 0 Å². The van der Waals surface area contributed by atoms with Gasteiger partial charge in [-0.15, -0.1) is 0 Å². The van der Waals surface area contributed by atoms with E-state index in [1.165, 1.54) is 16.7 Å². The van der Waals surface area contributed by atoms with Gasteiger partial charge in [-0.25, -0.2) is 0 Å². The Balaban J connectivity index is 1.48. The second-order valence-corrected chi connectivity index (χ2v) is 8.14. The van der Waals surface area contributed by atoms with Gasteiger partial charge in [0, 0.05) is 51.8 Å². The van der Waals surface area contributed by atoms with Gasteiger partial charge in [0.05, 0.1) is 6.10 Å². The first-order valence-corrected chi connectivity index (χ1v) is 10.6. The Morgan fingerprint density at radius 3 is 2.28 bits per heavy atom. The van der Waals surface area contributed by atoms with Crippen LogP contribution < -0.4 is 5.32 Å². The fourth-order valence-electron chi connectivity index (χ4n) is 3.60.